The van der Waals surface area contributed by atoms with Crippen LogP contribution in [-0.4, -0.2) is 27.3 Å². The van der Waals surface area contributed by atoms with Crippen molar-refractivity contribution >= 4 is 51.7 Å². The van der Waals surface area contributed by atoms with E-state index >= 15 is 0 Å². The van der Waals surface area contributed by atoms with Crippen molar-refractivity contribution in [2.75, 3.05) is 7.05 Å². The molecular weight excluding hydrogens is 342 g/mol. The van der Waals surface area contributed by atoms with Gasteiger partial charge in [-0.3, -0.25) is 9.69 Å². The summed E-state index contributed by atoms with van der Waals surface area (Å²) in [6.07, 6.45) is 1.61. The van der Waals surface area contributed by atoms with Gasteiger partial charge in [-0.2, -0.15) is 10.2 Å². The predicted octanol–water partition coefficient (Wildman–Crippen LogP) is 4.64. The van der Waals surface area contributed by atoms with Crippen molar-refractivity contribution < 1.29 is 9.90 Å². The molecule has 2 aromatic carbocycles. The van der Waals surface area contributed by atoms with Crippen LogP contribution in [-0.2, 0) is 4.79 Å². The molecule has 2 aromatic rings. The van der Waals surface area contributed by atoms with Crippen LogP contribution in [0.1, 0.15) is 5.56 Å². The number of aromatic hydroxyl groups is 1. The lowest BCUT2D eigenvalue weighted by molar-refractivity contribution is -0.121. The van der Waals surface area contributed by atoms with Gasteiger partial charge in [0.25, 0.3) is 5.91 Å². The molecule has 0 aliphatic carbocycles. The van der Waals surface area contributed by atoms with E-state index < -0.39 is 0 Å². The topological polar surface area (TPSA) is 65.3 Å². The highest BCUT2D eigenvalue weighted by Gasteiger charge is 2.28. The van der Waals surface area contributed by atoms with Crippen LogP contribution in [0.5, 0.6) is 5.75 Å². The predicted molar refractivity (Wildman–Crippen MR) is 99.7 cm³/mol. The summed E-state index contributed by atoms with van der Waals surface area (Å²) >= 11 is 6.30. The third-order valence-electron chi connectivity index (χ3n) is 3.32. The Kier molecular flexibility index (Phi) is 4.73. The molecule has 3 rings (SSSR count). The van der Waals surface area contributed by atoms with Gasteiger partial charge in [-0.25, -0.2) is 0 Å². The van der Waals surface area contributed by atoms with Crippen molar-refractivity contribution in [3.8, 4) is 5.75 Å². The first-order chi connectivity index (χ1) is 11.5. The van der Waals surface area contributed by atoms with Crippen LogP contribution in [0.15, 0.2) is 63.7 Å². The monoisotopic (exact) mass is 355 g/mol. The molecule has 1 saturated heterocycles. The normalized spacial score (nSPS) is 16.5. The molecule has 1 N–H and O–H groups in total. The smallest absolute Gasteiger partial charge is 0.265 e. The highest BCUT2D eigenvalue weighted by molar-refractivity contribution is 8.26. The van der Waals surface area contributed by atoms with Gasteiger partial charge in [-0.15, -0.1) is 0 Å². The lowest BCUT2D eigenvalue weighted by atomic mass is 10.1. The molecule has 7 heteroatoms. The summed E-state index contributed by atoms with van der Waals surface area (Å²) in [6.45, 7) is 0. The number of azo groups is 1. The third kappa shape index (κ3) is 3.52. The average molecular weight is 355 g/mol. The zero-order valence-electron chi connectivity index (χ0n) is 12.7. The second-order valence-corrected chi connectivity index (χ2v) is 6.70. The molecule has 0 saturated carbocycles. The Morgan fingerprint density at radius 3 is 2.50 bits per heavy atom. The van der Waals surface area contributed by atoms with E-state index in [2.05, 4.69) is 10.2 Å². The number of thioether (sulfide) groups is 1. The Hall–Kier alpha value is -2.51. The molecule has 1 aliphatic rings. The Balaban J connectivity index is 1.89. The van der Waals surface area contributed by atoms with Gasteiger partial charge in [-0.05, 0) is 36.4 Å². The lowest BCUT2D eigenvalue weighted by Gasteiger charge is -2.04. The number of amides is 1. The van der Waals surface area contributed by atoms with E-state index in [0.717, 1.165) is 5.69 Å². The largest absolute Gasteiger partial charge is 0.507 e. The standard InChI is InChI=1S/C17H13N3O2S2/c1-20-16(22)15(24-17(20)23)10-11-9-13(7-8-14(11)21)19-18-12-5-3-2-4-6-12/h2-10,21H,1H3/b15-10-,19-18?. The fraction of sp³-hybridized carbons (Fsp3) is 0.0588. The summed E-state index contributed by atoms with van der Waals surface area (Å²) in [5.74, 6) is -0.115. The number of rotatable bonds is 3. The maximum absolute atomic E-state index is 12.1. The van der Waals surface area contributed by atoms with Crippen molar-refractivity contribution in [1.29, 1.82) is 0 Å². The van der Waals surface area contributed by atoms with E-state index in [4.69, 9.17) is 12.2 Å². The van der Waals surface area contributed by atoms with E-state index in [0.29, 0.717) is 20.5 Å². The average Bonchev–Trinajstić information content (AvgIpc) is 2.83. The van der Waals surface area contributed by atoms with Crippen LogP contribution < -0.4 is 0 Å². The molecule has 0 spiro atoms. The molecule has 1 fully saturated rings. The van der Waals surface area contributed by atoms with E-state index in [1.807, 2.05) is 30.3 Å². The molecule has 0 atom stereocenters. The van der Waals surface area contributed by atoms with Crippen molar-refractivity contribution in [3.05, 3.63) is 59.0 Å². The van der Waals surface area contributed by atoms with Gasteiger partial charge in [-0.1, -0.05) is 42.2 Å². The quantitative estimate of drug-likeness (QED) is 0.495. The molecule has 1 heterocycles. The Labute approximate surface area is 148 Å². The molecule has 0 bridgehead atoms. The number of carbonyl (C=O) groups excluding carboxylic acids is 1. The number of phenols is 1. The molecule has 0 unspecified atom stereocenters. The van der Waals surface area contributed by atoms with Crippen LogP contribution in [0.25, 0.3) is 6.08 Å². The molecule has 120 valence electrons. The molecule has 1 amide bonds. The Morgan fingerprint density at radius 2 is 1.83 bits per heavy atom. The van der Waals surface area contributed by atoms with Gasteiger partial charge in [0, 0.05) is 12.6 Å². The van der Waals surface area contributed by atoms with E-state index in [1.54, 1.807) is 25.3 Å². The van der Waals surface area contributed by atoms with Crippen molar-refractivity contribution in [3.63, 3.8) is 0 Å². The SMILES string of the molecule is CN1C(=O)/C(=C/c2cc(N=Nc3ccccc3)ccc2O)SC1=S. The highest BCUT2D eigenvalue weighted by Crippen LogP contribution is 2.34. The van der Waals surface area contributed by atoms with Crippen LogP contribution in [0, 0.1) is 0 Å². The fourth-order valence-electron chi connectivity index (χ4n) is 2.02. The Bertz CT molecular complexity index is 863. The minimum atomic E-state index is -0.180. The number of phenolic OH excluding ortho intramolecular Hbond substituents is 1. The van der Waals surface area contributed by atoms with Crippen molar-refractivity contribution in [2.24, 2.45) is 10.2 Å². The van der Waals surface area contributed by atoms with Gasteiger partial charge in [0.2, 0.25) is 0 Å². The van der Waals surface area contributed by atoms with Gasteiger partial charge >= 0.3 is 0 Å². The number of hydrogen-bond donors (Lipinski definition) is 1. The number of benzene rings is 2. The lowest BCUT2D eigenvalue weighted by Crippen LogP contribution is -2.22. The number of likely N-dealkylation sites (N-methyl/N-ethyl adjacent to an activating group) is 1. The first-order valence-corrected chi connectivity index (χ1v) is 8.28. The molecule has 24 heavy (non-hydrogen) atoms. The fourth-order valence-corrected chi connectivity index (χ4v) is 3.19. The molecule has 0 aromatic heterocycles. The molecule has 1 aliphatic heterocycles. The second-order valence-electron chi connectivity index (χ2n) is 5.02. The van der Waals surface area contributed by atoms with E-state index in [1.165, 1.54) is 22.7 Å². The summed E-state index contributed by atoms with van der Waals surface area (Å²) < 4.78 is 0.491. The molecular formula is C17H13N3O2S2. The zero-order valence-corrected chi connectivity index (χ0v) is 14.3. The van der Waals surface area contributed by atoms with Gasteiger partial charge in [0.05, 0.1) is 16.3 Å². The van der Waals surface area contributed by atoms with E-state index in [9.17, 15) is 9.90 Å². The first-order valence-electron chi connectivity index (χ1n) is 7.06. The maximum Gasteiger partial charge on any atom is 0.265 e. The third-order valence-corrected chi connectivity index (χ3v) is 4.81. The number of thiocarbonyl (C=S) groups is 1. The van der Waals surface area contributed by atoms with Crippen LogP contribution >= 0.6 is 24.0 Å². The van der Waals surface area contributed by atoms with Gasteiger partial charge < -0.3 is 5.11 Å². The Morgan fingerprint density at radius 1 is 1.12 bits per heavy atom. The number of nitrogens with zero attached hydrogens (tertiary/aromatic N) is 3. The maximum atomic E-state index is 12.1. The van der Waals surface area contributed by atoms with E-state index in [-0.39, 0.29) is 11.7 Å². The first kappa shape index (κ1) is 16.4. The van der Waals surface area contributed by atoms with Crippen molar-refractivity contribution in [2.45, 2.75) is 0 Å². The summed E-state index contributed by atoms with van der Waals surface area (Å²) in [7, 11) is 1.63. The summed E-state index contributed by atoms with van der Waals surface area (Å²) in [6, 6.07) is 14.2. The van der Waals surface area contributed by atoms with Gasteiger partial charge in [0.15, 0.2) is 0 Å². The summed E-state index contributed by atoms with van der Waals surface area (Å²) in [5, 5.41) is 18.3. The summed E-state index contributed by atoms with van der Waals surface area (Å²) in [4.78, 5) is 13.9. The van der Waals surface area contributed by atoms with Crippen molar-refractivity contribution in [1.82, 2.24) is 4.90 Å². The van der Waals surface area contributed by atoms with Crippen LogP contribution in [0.4, 0.5) is 11.4 Å². The minimum Gasteiger partial charge on any atom is -0.507 e. The molecule has 0 radical (unpaired) electrons. The minimum absolute atomic E-state index is 0.0648. The molecule has 5 nitrogen and oxygen atoms in total. The second kappa shape index (κ2) is 6.94. The number of hydrogen-bond acceptors (Lipinski definition) is 6. The zero-order chi connectivity index (χ0) is 17.1. The highest BCUT2D eigenvalue weighted by atomic mass is 32.2. The van der Waals surface area contributed by atoms with Gasteiger partial charge in [0.1, 0.15) is 10.1 Å². The van der Waals surface area contributed by atoms with Crippen LogP contribution in [0.2, 0.25) is 0 Å². The van der Waals surface area contributed by atoms with Crippen LogP contribution in [0.3, 0.4) is 0 Å². The summed E-state index contributed by atoms with van der Waals surface area (Å²) in [5.41, 5.74) is 1.81. The number of carbonyl (C=O) groups is 1.